The summed E-state index contributed by atoms with van der Waals surface area (Å²) in [7, 11) is 0. The molecule has 1 aliphatic heterocycles. The smallest absolute Gasteiger partial charge is 0.356 e. The number of halogens is 4. The predicted octanol–water partition coefficient (Wildman–Crippen LogP) is 2.58. The number of aromatic nitrogens is 2. The molecule has 0 radical (unpaired) electrons. The Morgan fingerprint density at radius 1 is 1.26 bits per heavy atom. The van der Waals surface area contributed by atoms with Crippen LogP contribution in [0, 0.1) is 18.6 Å². The van der Waals surface area contributed by atoms with Crippen LogP contribution < -0.4 is 5.73 Å². The zero-order valence-electron chi connectivity index (χ0n) is 17.0. The number of alkyl halides is 2. The zero-order valence-corrected chi connectivity index (χ0v) is 17.0. The fourth-order valence-electron chi connectivity index (χ4n) is 3.70. The number of aromatic carboxylic acids is 1. The van der Waals surface area contributed by atoms with Crippen LogP contribution in [-0.4, -0.2) is 44.0 Å². The lowest BCUT2D eigenvalue weighted by Crippen LogP contribution is -2.42. The maximum absolute atomic E-state index is 13.8. The summed E-state index contributed by atoms with van der Waals surface area (Å²) in [6, 6.07) is 1.40. The van der Waals surface area contributed by atoms with E-state index in [-0.39, 0.29) is 38.2 Å². The van der Waals surface area contributed by atoms with Gasteiger partial charge >= 0.3 is 11.9 Å². The molecule has 2 aromatic rings. The van der Waals surface area contributed by atoms with E-state index in [0.29, 0.717) is 18.1 Å². The van der Waals surface area contributed by atoms with Gasteiger partial charge in [-0.25, -0.2) is 18.6 Å². The summed E-state index contributed by atoms with van der Waals surface area (Å²) in [6.07, 6.45) is -0.00109. The lowest BCUT2D eigenvalue weighted by molar-refractivity contribution is -0.133. The van der Waals surface area contributed by atoms with Crippen molar-refractivity contribution in [1.29, 1.82) is 0 Å². The Morgan fingerprint density at radius 3 is 2.52 bits per heavy atom. The maximum atomic E-state index is 13.8. The van der Waals surface area contributed by atoms with Gasteiger partial charge in [0.15, 0.2) is 23.2 Å². The highest BCUT2D eigenvalue weighted by atomic mass is 19.3. The lowest BCUT2D eigenvalue weighted by Gasteiger charge is -2.30. The van der Waals surface area contributed by atoms with Gasteiger partial charge in [-0.05, 0) is 36.6 Å². The molecule has 0 fully saturated rings. The number of carbonyl (C=O) groups excluding carboxylic acids is 1. The summed E-state index contributed by atoms with van der Waals surface area (Å²) in [6.45, 7) is 2.09. The molecule has 0 bridgehead atoms. The highest BCUT2D eigenvalue weighted by Crippen LogP contribution is 2.31. The van der Waals surface area contributed by atoms with E-state index in [0.717, 1.165) is 16.7 Å². The van der Waals surface area contributed by atoms with Crippen molar-refractivity contribution < 1.29 is 32.3 Å². The molecule has 0 spiro atoms. The minimum Gasteiger partial charge on any atom is -0.476 e. The molecule has 0 unspecified atom stereocenters. The second-order valence-electron chi connectivity index (χ2n) is 7.75. The van der Waals surface area contributed by atoms with Crippen LogP contribution in [0.25, 0.3) is 0 Å². The third kappa shape index (κ3) is 4.71. The fourth-order valence-corrected chi connectivity index (χ4v) is 3.70. The molecule has 0 saturated heterocycles. The molecule has 168 valence electrons. The molecule has 1 aromatic carbocycles. The number of hydrogen-bond acceptors (Lipinski definition) is 4. The molecule has 0 aliphatic carbocycles. The van der Waals surface area contributed by atoms with Crippen molar-refractivity contribution in [2.24, 2.45) is 5.73 Å². The Bertz CT molecular complexity index is 1030. The largest absolute Gasteiger partial charge is 0.476 e. The molecular weight excluding hydrogens is 420 g/mol. The number of aryl methyl sites for hydroxylation is 1. The van der Waals surface area contributed by atoms with Gasteiger partial charge in [-0.15, -0.1) is 0 Å². The number of fused-ring (bicyclic) bond motifs is 1. The van der Waals surface area contributed by atoms with Gasteiger partial charge in [-0.3, -0.25) is 4.79 Å². The Kier molecular flexibility index (Phi) is 6.08. The predicted molar refractivity (Wildman–Crippen MR) is 102 cm³/mol. The summed E-state index contributed by atoms with van der Waals surface area (Å²) >= 11 is 0. The first-order valence-corrected chi connectivity index (χ1v) is 9.57. The van der Waals surface area contributed by atoms with E-state index in [9.17, 15) is 32.3 Å². The van der Waals surface area contributed by atoms with E-state index < -0.39 is 47.0 Å². The quantitative estimate of drug-likeness (QED) is 0.670. The summed E-state index contributed by atoms with van der Waals surface area (Å²) in [5, 5.41) is 9.32. The van der Waals surface area contributed by atoms with Crippen molar-refractivity contribution in [3.05, 3.63) is 52.1 Å². The molecular formula is C20H22F4N4O3. The fraction of sp³-hybridized carbons (Fsp3) is 0.450. The van der Waals surface area contributed by atoms with Crippen LogP contribution in [0.2, 0.25) is 0 Å². The number of nitrogens with two attached hydrogens (primary N) is 1. The van der Waals surface area contributed by atoms with Crippen molar-refractivity contribution in [2.75, 3.05) is 6.54 Å². The van der Waals surface area contributed by atoms with E-state index >= 15 is 0 Å². The first-order chi connectivity index (χ1) is 14.4. The molecule has 3 N–H and O–H groups in total. The van der Waals surface area contributed by atoms with Crippen molar-refractivity contribution in [2.45, 2.75) is 51.7 Å². The van der Waals surface area contributed by atoms with Gasteiger partial charge in [0.2, 0.25) is 5.91 Å². The summed E-state index contributed by atoms with van der Waals surface area (Å²) in [5.74, 6) is -7.83. The van der Waals surface area contributed by atoms with Crippen molar-refractivity contribution in [3.8, 4) is 0 Å². The number of rotatable bonds is 6. The molecule has 0 saturated carbocycles. The van der Waals surface area contributed by atoms with Gasteiger partial charge in [-0.2, -0.15) is 8.78 Å². The number of amides is 1. The van der Waals surface area contributed by atoms with Crippen LogP contribution >= 0.6 is 0 Å². The maximum Gasteiger partial charge on any atom is 0.356 e. The van der Waals surface area contributed by atoms with Gasteiger partial charge in [0.25, 0.3) is 0 Å². The third-order valence-corrected chi connectivity index (χ3v) is 5.25. The molecule has 1 aromatic heterocycles. The second kappa shape index (κ2) is 8.29. The highest BCUT2D eigenvalue weighted by molar-refractivity contribution is 5.87. The molecule has 11 heteroatoms. The first-order valence-electron chi connectivity index (χ1n) is 9.57. The number of nitrogens with zero attached hydrogens (tertiary/aromatic N) is 3. The van der Waals surface area contributed by atoms with Crippen molar-refractivity contribution in [1.82, 2.24) is 14.5 Å². The van der Waals surface area contributed by atoms with Crippen LogP contribution in [0.3, 0.4) is 0 Å². The average Bonchev–Trinajstić information content (AvgIpc) is 3.05. The Hall–Kier alpha value is -2.95. The topological polar surface area (TPSA) is 101 Å². The van der Waals surface area contributed by atoms with Crippen LogP contribution in [0.4, 0.5) is 17.6 Å². The number of carbonyl (C=O) groups is 2. The lowest BCUT2D eigenvalue weighted by atomic mass is 9.99. The summed E-state index contributed by atoms with van der Waals surface area (Å²) in [4.78, 5) is 29.1. The monoisotopic (exact) mass is 442 g/mol. The molecule has 2 heterocycles. The molecule has 1 amide bonds. The first kappa shape index (κ1) is 22.7. The average molecular weight is 442 g/mol. The third-order valence-electron chi connectivity index (χ3n) is 5.25. The van der Waals surface area contributed by atoms with Crippen LogP contribution in [0.5, 0.6) is 0 Å². The van der Waals surface area contributed by atoms with Gasteiger partial charge < -0.3 is 20.3 Å². The van der Waals surface area contributed by atoms with Crippen LogP contribution in [0.15, 0.2) is 12.1 Å². The molecule has 3 rings (SSSR count). The second-order valence-corrected chi connectivity index (χ2v) is 7.75. The van der Waals surface area contributed by atoms with Crippen molar-refractivity contribution >= 4 is 11.9 Å². The van der Waals surface area contributed by atoms with E-state index in [1.165, 1.54) is 4.90 Å². The van der Waals surface area contributed by atoms with E-state index in [1.807, 2.05) is 0 Å². The SMILES string of the molecule is Cc1cc(F)c(F)cc1C[C@@H](N)CC(=O)N1CCn2c(C(C)(F)F)nc(C(=O)O)c2C1. The summed E-state index contributed by atoms with van der Waals surface area (Å²) < 4.78 is 55.5. The molecule has 7 nitrogen and oxygen atoms in total. The zero-order chi connectivity index (χ0) is 23.1. The standard InChI is InChI=1S/C20H22F4N4O3/c1-10-5-13(21)14(22)7-11(10)6-12(25)8-16(29)27-3-4-28-15(9-27)17(18(30)31)26-19(28)20(2,23)24/h5,7,12H,3-4,6,8-9,25H2,1-2H3,(H,30,31)/t12-/m1/s1. The number of carboxylic acid groups (broad SMARTS) is 1. The Labute approximate surface area is 175 Å². The van der Waals surface area contributed by atoms with Crippen molar-refractivity contribution in [3.63, 3.8) is 0 Å². The highest BCUT2D eigenvalue weighted by Gasteiger charge is 2.38. The number of benzene rings is 1. The molecule has 1 aliphatic rings. The Balaban J connectivity index is 1.73. The molecule has 1 atom stereocenters. The number of hydrogen-bond donors (Lipinski definition) is 2. The minimum atomic E-state index is -3.33. The number of carboxylic acids is 1. The van der Waals surface area contributed by atoms with Gasteiger partial charge in [-0.1, -0.05) is 0 Å². The van der Waals surface area contributed by atoms with Gasteiger partial charge in [0.1, 0.15) is 0 Å². The van der Waals surface area contributed by atoms with Gasteiger partial charge in [0, 0.05) is 32.5 Å². The Morgan fingerprint density at radius 2 is 1.90 bits per heavy atom. The summed E-state index contributed by atoms with van der Waals surface area (Å²) in [5.41, 5.74) is 6.51. The normalized spacial score (nSPS) is 15.0. The van der Waals surface area contributed by atoms with E-state index in [4.69, 9.17) is 5.73 Å². The van der Waals surface area contributed by atoms with Crippen LogP contribution in [0.1, 0.15) is 46.5 Å². The minimum absolute atomic E-state index is 0.0219. The van der Waals surface area contributed by atoms with Gasteiger partial charge in [0.05, 0.1) is 12.2 Å². The van der Waals surface area contributed by atoms with E-state index in [1.54, 1.807) is 6.92 Å². The van der Waals surface area contributed by atoms with Crippen LogP contribution in [-0.2, 0) is 30.2 Å². The van der Waals surface area contributed by atoms with E-state index in [2.05, 4.69) is 4.98 Å². The number of imidazole rings is 1. The molecule has 31 heavy (non-hydrogen) atoms.